The predicted molar refractivity (Wildman–Crippen MR) is 71.7 cm³/mol. The summed E-state index contributed by atoms with van der Waals surface area (Å²) >= 11 is 0. The van der Waals surface area contributed by atoms with Gasteiger partial charge in [-0.15, -0.1) is 0 Å². The van der Waals surface area contributed by atoms with E-state index in [1.165, 1.54) is 0 Å². The summed E-state index contributed by atoms with van der Waals surface area (Å²) in [5, 5.41) is 11.7. The Labute approximate surface area is 112 Å². The summed E-state index contributed by atoms with van der Waals surface area (Å²) in [5.41, 5.74) is 2.08. The Morgan fingerprint density at radius 3 is 2.68 bits per heavy atom. The lowest BCUT2D eigenvalue weighted by molar-refractivity contribution is -0.140. The van der Waals surface area contributed by atoms with Crippen LogP contribution in [-0.4, -0.2) is 23.0 Å². The fraction of sp³-hybridized carbons (Fsp3) is 0.333. The van der Waals surface area contributed by atoms with Crippen molar-refractivity contribution >= 4 is 11.9 Å². The number of amides is 1. The molecule has 19 heavy (non-hydrogen) atoms. The van der Waals surface area contributed by atoms with Crippen molar-refractivity contribution in [3.05, 3.63) is 47.5 Å². The van der Waals surface area contributed by atoms with Gasteiger partial charge >= 0.3 is 5.97 Å². The van der Waals surface area contributed by atoms with Crippen LogP contribution in [0.3, 0.4) is 0 Å². The van der Waals surface area contributed by atoms with Gasteiger partial charge in [0.2, 0.25) is 5.91 Å². The Balaban J connectivity index is 1.88. The Kier molecular flexibility index (Phi) is 4.00. The van der Waals surface area contributed by atoms with Gasteiger partial charge in [-0.25, -0.2) is 0 Å². The van der Waals surface area contributed by atoms with Crippen LogP contribution in [0.25, 0.3) is 0 Å². The first-order chi connectivity index (χ1) is 9.06. The third kappa shape index (κ3) is 3.44. The molecule has 4 heteroatoms. The predicted octanol–water partition coefficient (Wildman–Crippen LogP) is 1.68. The molecule has 0 spiro atoms. The summed E-state index contributed by atoms with van der Waals surface area (Å²) in [5.74, 6) is -1.40. The summed E-state index contributed by atoms with van der Waals surface area (Å²) < 4.78 is 0. The van der Waals surface area contributed by atoms with Crippen LogP contribution in [0.5, 0.6) is 0 Å². The SMILES string of the molecule is Cc1ccccc1CC(=O)NC1C=CC(C(=O)O)C1. The fourth-order valence-corrected chi connectivity index (χ4v) is 2.23. The number of aliphatic carboxylic acids is 1. The van der Waals surface area contributed by atoms with Gasteiger partial charge in [0.25, 0.3) is 0 Å². The van der Waals surface area contributed by atoms with E-state index in [-0.39, 0.29) is 11.9 Å². The third-order valence-corrected chi connectivity index (χ3v) is 3.36. The third-order valence-electron chi connectivity index (χ3n) is 3.36. The molecule has 100 valence electrons. The number of aryl methyl sites for hydroxylation is 1. The Bertz CT molecular complexity index is 522. The average Bonchev–Trinajstić information content (AvgIpc) is 2.80. The Hall–Kier alpha value is -2.10. The molecule has 1 aromatic rings. The molecule has 4 nitrogen and oxygen atoms in total. The van der Waals surface area contributed by atoms with E-state index in [1.807, 2.05) is 31.2 Å². The van der Waals surface area contributed by atoms with Gasteiger partial charge in [-0.3, -0.25) is 9.59 Å². The summed E-state index contributed by atoms with van der Waals surface area (Å²) in [7, 11) is 0. The Morgan fingerprint density at radius 1 is 1.32 bits per heavy atom. The van der Waals surface area contributed by atoms with Crippen molar-refractivity contribution in [2.45, 2.75) is 25.8 Å². The van der Waals surface area contributed by atoms with Crippen LogP contribution in [0, 0.1) is 12.8 Å². The number of carbonyl (C=O) groups is 2. The molecule has 1 aromatic carbocycles. The van der Waals surface area contributed by atoms with Gasteiger partial charge in [-0.2, -0.15) is 0 Å². The zero-order valence-electron chi connectivity index (χ0n) is 10.8. The first-order valence-electron chi connectivity index (χ1n) is 6.31. The molecule has 2 rings (SSSR count). The second-order valence-electron chi connectivity index (χ2n) is 4.84. The minimum atomic E-state index is -0.841. The monoisotopic (exact) mass is 259 g/mol. The number of benzene rings is 1. The topological polar surface area (TPSA) is 66.4 Å². The molecular weight excluding hydrogens is 242 g/mol. The number of carboxylic acid groups (broad SMARTS) is 1. The lowest BCUT2D eigenvalue weighted by Gasteiger charge is -2.12. The van der Waals surface area contributed by atoms with E-state index in [4.69, 9.17) is 5.11 Å². The van der Waals surface area contributed by atoms with Crippen LogP contribution in [-0.2, 0) is 16.0 Å². The van der Waals surface area contributed by atoms with Gasteiger partial charge in [-0.05, 0) is 24.5 Å². The quantitative estimate of drug-likeness (QED) is 0.808. The van der Waals surface area contributed by atoms with Crippen molar-refractivity contribution in [2.24, 2.45) is 5.92 Å². The molecule has 1 amide bonds. The average molecular weight is 259 g/mol. The molecular formula is C15H17NO3. The highest BCUT2D eigenvalue weighted by molar-refractivity contribution is 5.80. The van der Waals surface area contributed by atoms with Crippen molar-refractivity contribution in [2.75, 3.05) is 0 Å². The molecule has 1 aliphatic rings. The molecule has 0 bridgehead atoms. The largest absolute Gasteiger partial charge is 0.481 e. The van der Waals surface area contributed by atoms with Crippen molar-refractivity contribution in [1.29, 1.82) is 0 Å². The zero-order valence-corrected chi connectivity index (χ0v) is 10.8. The van der Waals surface area contributed by atoms with Crippen LogP contribution in [0.1, 0.15) is 17.5 Å². The van der Waals surface area contributed by atoms with Crippen molar-refractivity contribution in [1.82, 2.24) is 5.32 Å². The maximum absolute atomic E-state index is 11.9. The molecule has 0 radical (unpaired) electrons. The maximum atomic E-state index is 11.9. The van der Waals surface area contributed by atoms with Crippen LogP contribution < -0.4 is 5.32 Å². The number of carboxylic acids is 1. The molecule has 1 aliphatic carbocycles. The Morgan fingerprint density at radius 2 is 2.05 bits per heavy atom. The van der Waals surface area contributed by atoms with Crippen molar-refractivity contribution in [3.63, 3.8) is 0 Å². The second kappa shape index (κ2) is 5.69. The summed E-state index contributed by atoms with van der Waals surface area (Å²) in [6.07, 6.45) is 4.17. The molecule has 0 saturated heterocycles. The number of hydrogen-bond donors (Lipinski definition) is 2. The van der Waals surface area contributed by atoms with E-state index in [9.17, 15) is 9.59 Å². The van der Waals surface area contributed by atoms with Crippen LogP contribution in [0.15, 0.2) is 36.4 Å². The minimum Gasteiger partial charge on any atom is -0.481 e. The van der Waals surface area contributed by atoms with Gasteiger partial charge < -0.3 is 10.4 Å². The van der Waals surface area contributed by atoms with Crippen molar-refractivity contribution in [3.8, 4) is 0 Å². The van der Waals surface area contributed by atoms with E-state index in [1.54, 1.807) is 12.2 Å². The first-order valence-corrected chi connectivity index (χ1v) is 6.31. The summed E-state index contributed by atoms with van der Waals surface area (Å²) in [4.78, 5) is 22.7. The van der Waals surface area contributed by atoms with Gasteiger partial charge in [0.05, 0.1) is 12.3 Å². The molecule has 2 atom stereocenters. The van der Waals surface area contributed by atoms with Gasteiger partial charge in [-0.1, -0.05) is 36.4 Å². The maximum Gasteiger partial charge on any atom is 0.310 e. The van der Waals surface area contributed by atoms with E-state index < -0.39 is 11.9 Å². The smallest absolute Gasteiger partial charge is 0.310 e. The summed E-state index contributed by atoms with van der Waals surface area (Å²) in [6.45, 7) is 1.97. The summed E-state index contributed by atoms with van der Waals surface area (Å²) in [6, 6.07) is 7.58. The number of hydrogen-bond acceptors (Lipinski definition) is 2. The number of rotatable bonds is 4. The molecule has 0 saturated carbocycles. The molecule has 2 unspecified atom stereocenters. The van der Waals surface area contributed by atoms with Gasteiger partial charge in [0.15, 0.2) is 0 Å². The number of nitrogens with one attached hydrogen (secondary N) is 1. The first kappa shape index (κ1) is 13.3. The van der Waals surface area contributed by atoms with Gasteiger partial charge in [0, 0.05) is 6.04 Å². The minimum absolute atomic E-state index is 0.0741. The lowest BCUT2D eigenvalue weighted by Crippen LogP contribution is -2.34. The highest BCUT2D eigenvalue weighted by atomic mass is 16.4. The fourth-order valence-electron chi connectivity index (χ4n) is 2.23. The molecule has 2 N–H and O–H groups in total. The lowest BCUT2D eigenvalue weighted by atomic mass is 10.0. The van der Waals surface area contributed by atoms with Crippen LogP contribution in [0.2, 0.25) is 0 Å². The molecule has 0 fully saturated rings. The molecule has 0 aromatic heterocycles. The number of carbonyl (C=O) groups excluding carboxylic acids is 1. The van der Waals surface area contributed by atoms with Crippen molar-refractivity contribution < 1.29 is 14.7 Å². The van der Waals surface area contributed by atoms with E-state index in [0.29, 0.717) is 12.8 Å². The van der Waals surface area contributed by atoms with E-state index >= 15 is 0 Å². The van der Waals surface area contributed by atoms with Crippen LogP contribution >= 0.6 is 0 Å². The van der Waals surface area contributed by atoms with Gasteiger partial charge in [0.1, 0.15) is 0 Å². The highest BCUT2D eigenvalue weighted by Gasteiger charge is 2.25. The van der Waals surface area contributed by atoms with E-state index in [0.717, 1.165) is 11.1 Å². The standard InChI is InChI=1S/C15H17NO3/c1-10-4-2-3-5-11(10)9-14(17)16-13-7-6-12(8-13)15(18)19/h2-7,12-13H,8-9H2,1H3,(H,16,17)(H,18,19). The normalized spacial score (nSPS) is 21.3. The zero-order chi connectivity index (χ0) is 13.8. The second-order valence-corrected chi connectivity index (χ2v) is 4.84. The molecule has 0 heterocycles. The highest BCUT2D eigenvalue weighted by Crippen LogP contribution is 2.18. The van der Waals surface area contributed by atoms with Crippen LogP contribution in [0.4, 0.5) is 0 Å². The molecule has 0 aliphatic heterocycles. The van der Waals surface area contributed by atoms with E-state index in [2.05, 4.69) is 5.32 Å².